The lowest BCUT2D eigenvalue weighted by atomic mass is 10.1. The SMILES string of the molecule is CCOC(=O)N1CCN(C(=O)c2[nH]c3ccc(S(=O)(=O)N4CCCCCC4)cc3c2C)CC1. The van der Waals surface area contributed by atoms with Gasteiger partial charge in [0.05, 0.1) is 11.5 Å². The Balaban J connectivity index is 1.54. The Bertz CT molecular complexity index is 1130. The Hall–Kier alpha value is -2.59. The Kier molecular flexibility index (Phi) is 6.94. The number of hydrogen-bond donors (Lipinski definition) is 1. The van der Waals surface area contributed by atoms with Crippen LogP contribution in [0, 0.1) is 6.92 Å². The number of aryl methyl sites for hydroxylation is 1. The lowest BCUT2D eigenvalue weighted by molar-refractivity contribution is 0.0566. The summed E-state index contributed by atoms with van der Waals surface area (Å²) < 4.78 is 33.0. The fourth-order valence-corrected chi connectivity index (χ4v) is 6.12. The number of ether oxygens (including phenoxy) is 1. The summed E-state index contributed by atoms with van der Waals surface area (Å²) in [7, 11) is -3.57. The third kappa shape index (κ3) is 4.72. The minimum atomic E-state index is -3.57. The molecular formula is C23H32N4O5S. The number of aromatic nitrogens is 1. The number of nitrogens with zero attached hydrogens (tertiary/aromatic N) is 3. The van der Waals surface area contributed by atoms with Crippen LogP contribution in [0.5, 0.6) is 0 Å². The number of hydrogen-bond acceptors (Lipinski definition) is 5. The van der Waals surface area contributed by atoms with Crippen LogP contribution in [-0.2, 0) is 14.8 Å². The van der Waals surface area contributed by atoms with Gasteiger partial charge in [0.2, 0.25) is 10.0 Å². The number of nitrogens with one attached hydrogen (secondary N) is 1. The van der Waals surface area contributed by atoms with Gasteiger partial charge in [-0.3, -0.25) is 4.79 Å². The van der Waals surface area contributed by atoms with E-state index in [4.69, 9.17) is 4.74 Å². The average Bonchev–Trinajstić information content (AvgIpc) is 2.98. The summed E-state index contributed by atoms with van der Waals surface area (Å²) >= 11 is 0. The first kappa shape index (κ1) is 23.6. The van der Waals surface area contributed by atoms with Crippen molar-refractivity contribution in [3.05, 3.63) is 29.5 Å². The van der Waals surface area contributed by atoms with Gasteiger partial charge in [-0.25, -0.2) is 13.2 Å². The van der Waals surface area contributed by atoms with Crippen molar-refractivity contribution in [3.8, 4) is 0 Å². The van der Waals surface area contributed by atoms with Gasteiger partial charge in [0.1, 0.15) is 5.69 Å². The zero-order valence-electron chi connectivity index (χ0n) is 19.3. The Labute approximate surface area is 194 Å². The van der Waals surface area contributed by atoms with Crippen molar-refractivity contribution in [3.63, 3.8) is 0 Å². The van der Waals surface area contributed by atoms with E-state index in [1.807, 2.05) is 6.92 Å². The van der Waals surface area contributed by atoms with Crippen LogP contribution in [0.1, 0.15) is 48.7 Å². The van der Waals surface area contributed by atoms with Gasteiger partial charge in [0, 0.05) is 50.2 Å². The zero-order chi connectivity index (χ0) is 23.6. The summed E-state index contributed by atoms with van der Waals surface area (Å²) in [5.74, 6) is -0.149. The summed E-state index contributed by atoms with van der Waals surface area (Å²) in [6, 6.07) is 5.03. The van der Waals surface area contributed by atoms with Gasteiger partial charge >= 0.3 is 6.09 Å². The summed E-state index contributed by atoms with van der Waals surface area (Å²) in [6.45, 7) is 6.69. The maximum Gasteiger partial charge on any atom is 0.409 e. The van der Waals surface area contributed by atoms with Crippen molar-refractivity contribution < 1.29 is 22.7 Å². The molecule has 10 heteroatoms. The van der Waals surface area contributed by atoms with Gasteiger partial charge in [-0.15, -0.1) is 0 Å². The number of H-pyrrole nitrogens is 1. The van der Waals surface area contributed by atoms with Crippen LogP contribution in [0.2, 0.25) is 0 Å². The Morgan fingerprint density at radius 3 is 2.24 bits per heavy atom. The smallest absolute Gasteiger partial charge is 0.409 e. The highest BCUT2D eigenvalue weighted by atomic mass is 32.2. The number of carbonyl (C=O) groups is 2. The van der Waals surface area contributed by atoms with E-state index in [1.54, 1.807) is 39.2 Å². The molecule has 0 aliphatic carbocycles. The molecule has 0 atom stereocenters. The number of aromatic amines is 1. The molecule has 2 aromatic rings. The molecule has 1 N–H and O–H groups in total. The summed E-state index contributed by atoms with van der Waals surface area (Å²) in [4.78, 5) is 31.9. The van der Waals surface area contributed by atoms with Crippen molar-refractivity contribution >= 4 is 32.9 Å². The predicted octanol–water partition coefficient (Wildman–Crippen LogP) is 2.96. The maximum absolute atomic E-state index is 13.2. The molecular weight excluding hydrogens is 444 g/mol. The lowest BCUT2D eigenvalue weighted by Gasteiger charge is -2.33. The molecule has 4 rings (SSSR count). The summed E-state index contributed by atoms with van der Waals surface area (Å²) in [5.41, 5.74) is 1.92. The van der Waals surface area contributed by atoms with Gasteiger partial charge in [-0.05, 0) is 50.5 Å². The predicted molar refractivity (Wildman–Crippen MR) is 125 cm³/mol. The van der Waals surface area contributed by atoms with Gasteiger partial charge in [0.15, 0.2) is 0 Å². The van der Waals surface area contributed by atoms with E-state index in [9.17, 15) is 18.0 Å². The second kappa shape index (κ2) is 9.72. The van der Waals surface area contributed by atoms with Crippen LogP contribution in [0.15, 0.2) is 23.1 Å². The topological polar surface area (TPSA) is 103 Å². The first-order valence-electron chi connectivity index (χ1n) is 11.7. The van der Waals surface area contributed by atoms with E-state index in [-0.39, 0.29) is 16.9 Å². The Morgan fingerprint density at radius 1 is 0.970 bits per heavy atom. The largest absolute Gasteiger partial charge is 0.450 e. The normalized spacial score (nSPS) is 18.4. The molecule has 2 amide bonds. The van der Waals surface area contributed by atoms with Gasteiger partial charge in [-0.2, -0.15) is 4.31 Å². The molecule has 0 saturated carbocycles. The second-order valence-electron chi connectivity index (χ2n) is 8.63. The highest BCUT2D eigenvalue weighted by Gasteiger charge is 2.29. The third-order valence-electron chi connectivity index (χ3n) is 6.54. The monoisotopic (exact) mass is 476 g/mol. The zero-order valence-corrected chi connectivity index (χ0v) is 20.1. The number of amides is 2. The Morgan fingerprint density at radius 2 is 1.61 bits per heavy atom. The third-order valence-corrected chi connectivity index (χ3v) is 8.43. The van der Waals surface area contributed by atoms with Gasteiger partial charge < -0.3 is 19.5 Å². The van der Waals surface area contributed by atoms with Crippen LogP contribution in [0.25, 0.3) is 10.9 Å². The summed E-state index contributed by atoms with van der Waals surface area (Å²) in [5, 5.41) is 0.736. The van der Waals surface area contributed by atoms with Crippen molar-refractivity contribution in [1.82, 2.24) is 19.1 Å². The second-order valence-corrected chi connectivity index (χ2v) is 10.6. The quantitative estimate of drug-likeness (QED) is 0.731. The standard InChI is InChI=1S/C23H32N4O5S/c1-3-32-23(29)26-14-12-25(13-15-26)22(28)21-17(2)19-16-18(8-9-20(19)24-21)33(30,31)27-10-6-4-5-7-11-27/h8-9,16,24H,3-7,10-15H2,1-2H3. The minimum Gasteiger partial charge on any atom is -0.450 e. The molecule has 9 nitrogen and oxygen atoms in total. The molecule has 3 heterocycles. The van der Waals surface area contributed by atoms with Crippen LogP contribution in [-0.4, -0.2) is 85.4 Å². The molecule has 1 aromatic carbocycles. The fourth-order valence-electron chi connectivity index (χ4n) is 4.58. The van der Waals surface area contributed by atoms with E-state index in [1.165, 1.54) is 0 Å². The molecule has 0 radical (unpaired) electrons. The molecule has 2 saturated heterocycles. The molecule has 2 aliphatic rings. The van der Waals surface area contributed by atoms with Crippen molar-refractivity contribution in [2.75, 3.05) is 45.9 Å². The molecule has 1 aromatic heterocycles. The average molecular weight is 477 g/mol. The number of sulfonamides is 1. The number of piperazine rings is 1. The van der Waals surface area contributed by atoms with Gasteiger partial charge in [0.25, 0.3) is 5.91 Å². The van der Waals surface area contributed by atoms with Crippen LogP contribution >= 0.6 is 0 Å². The lowest BCUT2D eigenvalue weighted by Crippen LogP contribution is -2.50. The van der Waals surface area contributed by atoms with E-state index in [2.05, 4.69) is 4.98 Å². The minimum absolute atomic E-state index is 0.149. The molecule has 2 aliphatic heterocycles. The number of carbonyl (C=O) groups excluding carboxylic acids is 2. The van der Waals surface area contributed by atoms with Crippen molar-refractivity contribution in [2.45, 2.75) is 44.4 Å². The van der Waals surface area contributed by atoms with E-state index >= 15 is 0 Å². The van der Waals surface area contributed by atoms with Crippen molar-refractivity contribution in [1.29, 1.82) is 0 Å². The van der Waals surface area contributed by atoms with Crippen LogP contribution in [0.3, 0.4) is 0 Å². The van der Waals surface area contributed by atoms with Gasteiger partial charge in [-0.1, -0.05) is 12.8 Å². The molecule has 0 unspecified atom stereocenters. The molecule has 0 bridgehead atoms. The fraction of sp³-hybridized carbons (Fsp3) is 0.565. The van der Waals surface area contributed by atoms with Crippen molar-refractivity contribution in [2.24, 2.45) is 0 Å². The van der Waals surface area contributed by atoms with Crippen LogP contribution < -0.4 is 0 Å². The van der Waals surface area contributed by atoms with Crippen LogP contribution in [0.4, 0.5) is 4.79 Å². The summed E-state index contributed by atoms with van der Waals surface area (Å²) in [6.07, 6.45) is 3.52. The highest BCUT2D eigenvalue weighted by molar-refractivity contribution is 7.89. The molecule has 0 spiro atoms. The highest BCUT2D eigenvalue weighted by Crippen LogP contribution is 2.28. The molecule has 33 heavy (non-hydrogen) atoms. The number of rotatable bonds is 4. The number of fused-ring (bicyclic) bond motifs is 1. The molecule has 2 fully saturated rings. The first-order valence-corrected chi connectivity index (χ1v) is 13.1. The van der Waals surface area contributed by atoms with E-state index in [0.717, 1.165) is 42.1 Å². The first-order chi connectivity index (χ1) is 15.8. The maximum atomic E-state index is 13.2. The molecule has 180 valence electrons. The number of benzene rings is 1. The van der Waals surface area contributed by atoms with E-state index in [0.29, 0.717) is 51.6 Å². The van der Waals surface area contributed by atoms with E-state index < -0.39 is 10.0 Å².